The Kier molecular flexibility index (Phi) is 9.23. The van der Waals surface area contributed by atoms with Crippen molar-refractivity contribution < 1.29 is 4.74 Å². The van der Waals surface area contributed by atoms with Crippen molar-refractivity contribution in [2.24, 2.45) is 0 Å². The largest absolute Gasteiger partial charge is 0.457 e. The molecule has 0 N–H and O–H groups in total. The lowest BCUT2D eigenvalue weighted by Gasteiger charge is -2.29. The van der Waals surface area contributed by atoms with Crippen molar-refractivity contribution in [1.29, 1.82) is 0 Å². The van der Waals surface area contributed by atoms with Gasteiger partial charge in [-0.2, -0.15) is 0 Å². The fraction of sp³-hybridized carbons (Fsp3) is 0.314. The number of aromatic nitrogens is 2. The predicted octanol–water partition coefficient (Wildman–Crippen LogP) is 13.7. The minimum Gasteiger partial charge on any atom is -0.457 e. The van der Waals surface area contributed by atoms with Gasteiger partial charge in [-0.15, -0.1) is 0 Å². The van der Waals surface area contributed by atoms with Gasteiger partial charge >= 0.3 is 0 Å². The van der Waals surface area contributed by atoms with Crippen LogP contribution in [0.3, 0.4) is 0 Å². The third-order valence-electron chi connectivity index (χ3n) is 11.5. The molecule has 0 bridgehead atoms. The lowest BCUT2D eigenvalue weighted by molar-refractivity contribution is 0.483. The zero-order chi connectivity index (χ0) is 40.7. The number of anilines is 4. The molecule has 0 saturated heterocycles. The van der Waals surface area contributed by atoms with Gasteiger partial charge in [0.05, 0.1) is 30.5 Å². The second-order valence-corrected chi connectivity index (χ2v) is 25.1. The summed E-state index contributed by atoms with van der Waals surface area (Å²) in [7, 11) is -1.57. The fourth-order valence-corrected chi connectivity index (χ4v) is 9.08. The molecule has 0 unspecified atom stereocenters. The van der Waals surface area contributed by atoms with E-state index < -0.39 is 8.07 Å². The molecule has 6 heteroatoms. The van der Waals surface area contributed by atoms with Crippen LogP contribution in [0.5, 0.6) is 11.5 Å². The lowest BCUT2D eigenvalue weighted by Crippen LogP contribution is -2.37. The van der Waals surface area contributed by atoms with E-state index in [-0.39, 0.29) is 16.2 Å². The molecule has 0 radical (unpaired) electrons. The minimum absolute atomic E-state index is 0.00205. The summed E-state index contributed by atoms with van der Waals surface area (Å²) in [5.74, 6) is 2.51. The van der Waals surface area contributed by atoms with Gasteiger partial charge in [0.1, 0.15) is 24.0 Å². The summed E-state index contributed by atoms with van der Waals surface area (Å²) in [5, 5.41) is 3.84. The van der Waals surface area contributed by atoms with E-state index in [0.717, 1.165) is 28.5 Å². The maximum Gasteiger partial charge on any atom is 0.137 e. The number of rotatable bonds is 6. The maximum absolute atomic E-state index is 6.77. The van der Waals surface area contributed by atoms with E-state index in [4.69, 9.17) is 9.72 Å². The van der Waals surface area contributed by atoms with Crippen molar-refractivity contribution in [3.05, 3.63) is 138 Å². The number of para-hydroxylation sites is 2. The lowest BCUT2D eigenvalue weighted by atomic mass is 9.80. The summed E-state index contributed by atoms with van der Waals surface area (Å²) in [4.78, 5) is 9.81. The van der Waals surface area contributed by atoms with Gasteiger partial charge in [0.15, 0.2) is 0 Å². The van der Waals surface area contributed by atoms with E-state index in [9.17, 15) is 0 Å². The first kappa shape index (κ1) is 38.5. The van der Waals surface area contributed by atoms with Gasteiger partial charge in [-0.25, -0.2) is 4.98 Å². The Morgan fingerprint density at radius 1 is 0.526 bits per heavy atom. The minimum atomic E-state index is -1.57. The van der Waals surface area contributed by atoms with Crippen molar-refractivity contribution in [2.75, 3.05) is 16.5 Å². The van der Waals surface area contributed by atoms with E-state index in [2.05, 4.69) is 212 Å². The van der Waals surface area contributed by atoms with Gasteiger partial charge in [-0.3, -0.25) is 4.57 Å². The summed E-state index contributed by atoms with van der Waals surface area (Å²) in [5.41, 5.74) is 11.0. The number of ether oxygens (including phenoxy) is 1. The van der Waals surface area contributed by atoms with Crippen LogP contribution in [0, 0.1) is 0 Å². The van der Waals surface area contributed by atoms with Crippen LogP contribution in [0.1, 0.15) is 79.0 Å². The molecule has 2 aromatic heterocycles. The predicted molar refractivity (Wildman–Crippen MR) is 246 cm³/mol. The summed E-state index contributed by atoms with van der Waals surface area (Å²) in [6, 6.07) is 42.3. The van der Waals surface area contributed by atoms with Gasteiger partial charge < -0.3 is 14.5 Å². The number of hydrogen-bond donors (Lipinski definition) is 0. The Hall–Kier alpha value is -5.33. The molecule has 1 aliphatic rings. The van der Waals surface area contributed by atoms with Crippen LogP contribution >= 0.6 is 0 Å². The average molecular weight is 771 g/mol. The van der Waals surface area contributed by atoms with E-state index in [1.807, 2.05) is 6.20 Å². The highest BCUT2D eigenvalue weighted by molar-refractivity contribution is 6.88. The molecule has 1 aliphatic heterocycles. The average Bonchev–Trinajstić information content (AvgIpc) is 3.69. The molecule has 0 spiro atoms. The Balaban J connectivity index is 1.18. The summed E-state index contributed by atoms with van der Waals surface area (Å²) in [6.45, 7) is 28.5. The van der Waals surface area contributed by atoms with Crippen molar-refractivity contribution in [3.63, 3.8) is 0 Å². The SMILES string of the molecule is CC(C)(C)c1cc(N2CN(c3cccc(Oc4ccc5c6ccc([Si](C)(C)C)cc6n(-c6cc(C(C)(C)C)ccn6)c5c4)c3)c3ccccc32)cc(C(C)(C)C)c1. The molecule has 0 aliphatic carbocycles. The smallest absolute Gasteiger partial charge is 0.137 e. The third-order valence-corrected chi connectivity index (χ3v) is 13.6. The highest BCUT2D eigenvalue weighted by atomic mass is 28.3. The van der Waals surface area contributed by atoms with Crippen LogP contribution < -0.4 is 19.7 Å². The normalized spacial score (nSPS) is 13.8. The van der Waals surface area contributed by atoms with Crippen molar-refractivity contribution >= 4 is 57.8 Å². The van der Waals surface area contributed by atoms with Crippen LogP contribution in [-0.4, -0.2) is 24.3 Å². The first-order valence-electron chi connectivity index (χ1n) is 20.4. The zero-order valence-electron chi connectivity index (χ0n) is 36.0. The van der Waals surface area contributed by atoms with E-state index >= 15 is 0 Å². The topological polar surface area (TPSA) is 33.5 Å². The molecular formula is C51H58N4OSi. The summed E-state index contributed by atoms with van der Waals surface area (Å²) in [6.07, 6.45) is 1.95. The van der Waals surface area contributed by atoms with Crippen LogP contribution in [0.2, 0.25) is 19.6 Å². The molecular weight excluding hydrogens is 713 g/mol. The molecule has 0 atom stereocenters. The van der Waals surface area contributed by atoms with Gasteiger partial charge in [0, 0.05) is 40.5 Å². The van der Waals surface area contributed by atoms with Gasteiger partial charge in [-0.1, -0.05) is 124 Å². The molecule has 3 heterocycles. The Morgan fingerprint density at radius 3 is 1.72 bits per heavy atom. The third kappa shape index (κ3) is 7.36. The van der Waals surface area contributed by atoms with Crippen molar-refractivity contribution in [2.45, 2.75) is 98.2 Å². The molecule has 8 rings (SSSR count). The van der Waals surface area contributed by atoms with Gasteiger partial charge in [0.2, 0.25) is 0 Å². The number of pyridine rings is 1. The molecule has 5 nitrogen and oxygen atoms in total. The van der Waals surface area contributed by atoms with Gasteiger partial charge in [-0.05, 0) is 99.7 Å². The molecule has 5 aromatic carbocycles. The van der Waals surface area contributed by atoms with E-state index in [1.165, 1.54) is 55.2 Å². The first-order valence-corrected chi connectivity index (χ1v) is 23.9. The highest BCUT2D eigenvalue weighted by Crippen LogP contribution is 2.46. The number of fused-ring (bicyclic) bond motifs is 4. The van der Waals surface area contributed by atoms with Crippen LogP contribution in [0.15, 0.2) is 121 Å². The highest BCUT2D eigenvalue weighted by Gasteiger charge is 2.30. The quantitative estimate of drug-likeness (QED) is 0.158. The van der Waals surface area contributed by atoms with Crippen molar-refractivity contribution in [1.82, 2.24) is 9.55 Å². The second-order valence-electron chi connectivity index (χ2n) is 20.0. The summed E-state index contributed by atoms with van der Waals surface area (Å²) < 4.78 is 9.10. The molecule has 0 fully saturated rings. The second kappa shape index (κ2) is 13.7. The maximum atomic E-state index is 6.77. The van der Waals surface area contributed by atoms with Crippen LogP contribution in [0.4, 0.5) is 22.7 Å². The molecule has 292 valence electrons. The van der Waals surface area contributed by atoms with Crippen molar-refractivity contribution in [3.8, 4) is 17.3 Å². The van der Waals surface area contributed by atoms with Crippen LogP contribution in [0.25, 0.3) is 27.6 Å². The molecule has 0 saturated carbocycles. The standard InChI is InChI=1S/C51H58N4OSi/c1-49(2,3)34-24-25-52-48(29-34)55-46-31-40(20-22-42(46)43-23-21-41(32-47(43)55)57(10,11)12)56-39-17-15-16-37(30-39)53-33-54(45-19-14-13-18-44(45)53)38-27-35(50(4,5)6)26-36(28-38)51(7,8)9/h13-32H,33H2,1-12H3. The molecule has 57 heavy (non-hydrogen) atoms. The number of nitrogens with zero attached hydrogens (tertiary/aromatic N) is 4. The molecule has 7 aromatic rings. The number of hydrogen-bond acceptors (Lipinski definition) is 4. The van der Waals surface area contributed by atoms with E-state index in [1.54, 1.807) is 0 Å². The van der Waals surface area contributed by atoms with Crippen LogP contribution in [-0.2, 0) is 16.2 Å². The fourth-order valence-electron chi connectivity index (χ4n) is 7.92. The Labute approximate surface area is 341 Å². The Bertz CT molecular complexity index is 2610. The van der Waals surface area contributed by atoms with Gasteiger partial charge in [0.25, 0.3) is 0 Å². The van der Waals surface area contributed by atoms with E-state index in [0.29, 0.717) is 6.67 Å². The zero-order valence-corrected chi connectivity index (χ0v) is 37.0. The summed E-state index contributed by atoms with van der Waals surface area (Å²) >= 11 is 0. The first-order chi connectivity index (χ1) is 26.8. The number of benzene rings is 5. The monoisotopic (exact) mass is 770 g/mol. The molecule has 0 amide bonds. The Morgan fingerprint density at radius 2 is 1.11 bits per heavy atom.